The lowest BCUT2D eigenvalue weighted by atomic mass is 10.2. The Balaban J connectivity index is 1.86. The molecular weight excluding hydrogens is 428 g/mol. The maximum Gasteiger partial charge on any atom is 0.264 e. The van der Waals surface area contributed by atoms with Crippen LogP contribution in [0.25, 0.3) is 6.08 Å². The van der Waals surface area contributed by atoms with Crippen molar-refractivity contribution < 1.29 is 14.6 Å². The highest BCUT2D eigenvalue weighted by molar-refractivity contribution is 9.10. The zero-order valence-corrected chi connectivity index (χ0v) is 16.1. The van der Waals surface area contributed by atoms with Gasteiger partial charge in [0.15, 0.2) is 5.17 Å². The number of carbonyl (C=O) groups is 1. The van der Waals surface area contributed by atoms with E-state index in [1.807, 2.05) is 0 Å². The molecule has 0 unspecified atom stereocenters. The lowest BCUT2D eigenvalue weighted by molar-refractivity contribution is -0.115. The number of aromatic hydroxyl groups is 1. The topological polar surface area (TPSA) is 70.9 Å². The van der Waals surface area contributed by atoms with Gasteiger partial charge in [-0.25, -0.2) is 4.99 Å². The summed E-state index contributed by atoms with van der Waals surface area (Å²) in [5.41, 5.74) is 1.14. The number of phenolic OH excluding ortho intramolecular Hbond substituents is 1. The van der Waals surface area contributed by atoms with Gasteiger partial charge in [0.25, 0.3) is 5.91 Å². The van der Waals surface area contributed by atoms with E-state index in [9.17, 15) is 9.90 Å². The number of carbonyl (C=O) groups excluding carboxylic acids is 1. The summed E-state index contributed by atoms with van der Waals surface area (Å²) >= 11 is 10.4. The van der Waals surface area contributed by atoms with Gasteiger partial charge in [-0.05, 0) is 70.2 Å². The molecule has 0 aromatic heterocycles. The molecule has 1 fully saturated rings. The summed E-state index contributed by atoms with van der Waals surface area (Å²) in [5, 5.41) is 13.7. The fourth-order valence-electron chi connectivity index (χ4n) is 2.09. The molecule has 2 aromatic carbocycles. The van der Waals surface area contributed by atoms with E-state index >= 15 is 0 Å². The highest BCUT2D eigenvalue weighted by Gasteiger charge is 2.24. The van der Waals surface area contributed by atoms with Crippen LogP contribution in [0.1, 0.15) is 5.56 Å². The average molecular weight is 440 g/mol. The van der Waals surface area contributed by atoms with Crippen LogP contribution in [0.3, 0.4) is 0 Å². The zero-order chi connectivity index (χ0) is 18.0. The average Bonchev–Trinajstić information content (AvgIpc) is 2.92. The SMILES string of the molecule is COc1ccc(N=C2NC(=O)/C(=C\c3cc(Cl)cc(Br)c3O)S2)cc1. The zero-order valence-electron chi connectivity index (χ0n) is 12.9. The molecule has 0 saturated carbocycles. The molecule has 3 rings (SSSR count). The van der Waals surface area contributed by atoms with Gasteiger partial charge in [-0.1, -0.05) is 11.6 Å². The number of amides is 1. The van der Waals surface area contributed by atoms with E-state index in [0.29, 0.717) is 30.8 Å². The Morgan fingerprint density at radius 2 is 2.04 bits per heavy atom. The Kier molecular flexibility index (Phi) is 5.36. The monoisotopic (exact) mass is 438 g/mol. The molecule has 0 aliphatic carbocycles. The Morgan fingerprint density at radius 3 is 2.72 bits per heavy atom. The number of methoxy groups -OCH3 is 1. The van der Waals surface area contributed by atoms with Gasteiger partial charge >= 0.3 is 0 Å². The van der Waals surface area contributed by atoms with E-state index in [1.165, 1.54) is 11.8 Å². The summed E-state index contributed by atoms with van der Waals surface area (Å²) in [6.07, 6.45) is 1.57. The van der Waals surface area contributed by atoms with Crippen LogP contribution in [0.5, 0.6) is 11.5 Å². The lowest BCUT2D eigenvalue weighted by Gasteiger charge is -2.03. The minimum absolute atomic E-state index is 0.0193. The maximum atomic E-state index is 12.1. The van der Waals surface area contributed by atoms with Gasteiger partial charge in [0.1, 0.15) is 11.5 Å². The molecule has 128 valence electrons. The van der Waals surface area contributed by atoms with Crippen LogP contribution in [0.4, 0.5) is 5.69 Å². The Hall–Kier alpha value is -1.96. The molecule has 1 heterocycles. The van der Waals surface area contributed by atoms with E-state index in [4.69, 9.17) is 16.3 Å². The molecule has 0 radical (unpaired) electrons. The third-order valence-corrected chi connectivity index (χ3v) is 5.03. The molecule has 8 heteroatoms. The van der Waals surface area contributed by atoms with Crippen LogP contribution in [0.2, 0.25) is 5.02 Å². The molecule has 2 aromatic rings. The van der Waals surface area contributed by atoms with E-state index in [1.54, 1.807) is 49.6 Å². The smallest absolute Gasteiger partial charge is 0.264 e. The van der Waals surface area contributed by atoms with Crippen LogP contribution in [0, 0.1) is 0 Å². The first kappa shape index (κ1) is 17.8. The highest BCUT2D eigenvalue weighted by atomic mass is 79.9. The molecular formula is C17H12BrClN2O3S. The number of benzene rings is 2. The summed E-state index contributed by atoms with van der Waals surface area (Å²) in [4.78, 5) is 16.9. The predicted molar refractivity (Wildman–Crippen MR) is 105 cm³/mol. The van der Waals surface area contributed by atoms with Crippen LogP contribution >= 0.6 is 39.3 Å². The van der Waals surface area contributed by atoms with Gasteiger partial charge < -0.3 is 15.2 Å². The first-order chi connectivity index (χ1) is 12.0. The van der Waals surface area contributed by atoms with Crippen molar-refractivity contribution >= 4 is 62.1 Å². The first-order valence-corrected chi connectivity index (χ1v) is 9.06. The number of phenols is 1. The number of halogens is 2. The Morgan fingerprint density at radius 1 is 1.32 bits per heavy atom. The number of nitrogens with one attached hydrogen (secondary N) is 1. The second-order valence-electron chi connectivity index (χ2n) is 5.01. The van der Waals surface area contributed by atoms with E-state index < -0.39 is 0 Å². The number of rotatable bonds is 3. The van der Waals surface area contributed by atoms with Crippen molar-refractivity contribution in [3.8, 4) is 11.5 Å². The van der Waals surface area contributed by atoms with Gasteiger partial charge in [-0.15, -0.1) is 0 Å². The molecule has 0 atom stereocenters. The van der Waals surface area contributed by atoms with Crippen molar-refractivity contribution in [2.24, 2.45) is 4.99 Å². The third kappa shape index (κ3) is 4.18. The fourth-order valence-corrected chi connectivity index (χ4v) is 3.76. The Bertz CT molecular complexity index is 898. The predicted octanol–water partition coefficient (Wildman–Crippen LogP) is 4.71. The van der Waals surface area contributed by atoms with Crippen molar-refractivity contribution in [3.63, 3.8) is 0 Å². The molecule has 2 N–H and O–H groups in total. The number of aliphatic imine (C=N–C) groups is 1. The van der Waals surface area contributed by atoms with Crippen LogP contribution in [0.15, 0.2) is 50.8 Å². The van der Waals surface area contributed by atoms with E-state index in [2.05, 4.69) is 26.2 Å². The number of ether oxygens (including phenoxy) is 1. The minimum atomic E-state index is -0.284. The van der Waals surface area contributed by atoms with Gasteiger partial charge in [0.2, 0.25) is 0 Å². The lowest BCUT2D eigenvalue weighted by Crippen LogP contribution is -2.19. The largest absolute Gasteiger partial charge is 0.506 e. The summed E-state index contributed by atoms with van der Waals surface area (Å²) < 4.78 is 5.56. The quantitative estimate of drug-likeness (QED) is 0.680. The third-order valence-electron chi connectivity index (χ3n) is 3.30. The molecule has 5 nitrogen and oxygen atoms in total. The summed E-state index contributed by atoms with van der Waals surface area (Å²) in [6, 6.07) is 10.3. The van der Waals surface area contributed by atoms with Crippen LogP contribution in [-0.4, -0.2) is 23.3 Å². The summed E-state index contributed by atoms with van der Waals surface area (Å²) in [7, 11) is 1.59. The summed E-state index contributed by atoms with van der Waals surface area (Å²) in [6.45, 7) is 0. The molecule has 0 bridgehead atoms. The van der Waals surface area contributed by atoms with Crippen molar-refractivity contribution in [1.29, 1.82) is 0 Å². The van der Waals surface area contributed by atoms with Crippen molar-refractivity contribution in [2.45, 2.75) is 0 Å². The van der Waals surface area contributed by atoms with Crippen LogP contribution < -0.4 is 10.1 Å². The van der Waals surface area contributed by atoms with Crippen molar-refractivity contribution in [2.75, 3.05) is 7.11 Å². The molecule has 25 heavy (non-hydrogen) atoms. The number of hydrogen-bond donors (Lipinski definition) is 2. The number of nitrogens with zero attached hydrogens (tertiary/aromatic N) is 1. The molecule has 1 saturated heterocycles. The standard InChI is InChI=1S/C17H12BrClN2O3S/c1-24-12-4-2-11(3-5-12)20-17-21-16(23)14(25-17)7-9-6-10(19)8-13(18)15(9)22/h2-8,22H,1H3,(H,20,21,23)/b14-7+. The number of amidine groups is 1. The van der Waals surface area contributed by atoms with Gasteiger partial charge in [-0.3, -0.25) is 4.79 Å². The Labute approximate surface area is 161 Å². The first-order valence-electron chi connectivity index (χ1n) is 7.08. The van der Waals surface area contributed by atoms with Gasteiger partial charge in [-0.2, -0.15) is 0 Å². The maximum absolute atomic E-state index is 12.1. The second kappa shape index (κ2) is 7.51. The fraction of sp³-hybridized carbons (Fsp3) is 0.0588. The molecule has 1 aliphatic heterocycles. The number of thioether (sulfide) groups is 1. The molecule has 1 aliphatic rings. The molecule has 0 spiro atoms. The van der Waals surface area contributed by atoms with Crippen molar-refractivity contribution in [1.82, 2.24) is 5.32 Å². The number of hydrogen-bond acceptors (Lipinski definition) is 5. The van der Waals surface area contributed by atoms with Gasteiger partial charge in [0, 0.05) is 10.6 Å². The molecule has 1 amide bonds. The normalized spacial score (nSPS) is 17.2. The van der Waals surface area contributed by atoms with Crippen molar-refractivity contribution in [3.05, 3.63) is 56.4 Å². The van der Waals surface area contributed by atoms with E-state index in [0.717, 1.165) is 5.75 Å². The van der Waals surface area contributed by atoms with Crippen LogP contribution in [-0.2, 0) is 4.79 Å². The summed E-state index contributed by atoms with van der Waals surface area (Å²) in [5.74, 6) is 0.466. The second-order valence-corrected chi connectivity index (χ2v) is 7.33. The highest BCUT2D eigenvalue weighted by Crippen LogP contribution is 2.35. The van der Waals surface area contributed by atoms with E-state index in [-0.39, 0.29) is 11.7 Å². The van der Waals surface area contributed by atoms with Gasteiger partial charge in [0.05, 0.1) is 22.2 Å². The minimum Gasteiger partial charge on any atom is -0.506 e.